The van der Waals surface area contributed by atoms with Crippen molar-refractivity contribution in [2.45, 2.75) is 45.1 Å². The van der Waals surface area contributed by atoms with Crippen molar-refractivity contribution in [2.24, 2.45) is 0 Å². The topological polar surface area (TPSA) is 59.1 Å². The Bertz CT molecular complexity index is 289. The summed E-state index contributed by atoms with van der Waals surface area (Å²) in [6.07, 6.45) is 6.19. The first-order valence-electron chi connectivity index (χ1n) is 5.61. The summed E-state index contributed by atoms with van der Waals surface area (Å²) in [6.45, 7) is 2.09. The minimum absolute atomic E-state index is 0.159. The molecule has 0 aromatic carbocycles. The van der Waals surface area contributed by atoms with E-state index in [1.165, 1.54) is 0 Å². The van der Waals surface area contributed by atoms with E-state index in [1.807, 2.05) is 12.1 Å². The maximum Gasteiger partial charge on any atom is 0.126 e. The van der Waals surface area contributed by atoms with E-state index in [-0.39, 0.29) is 6.10 Å². The lowest BCUT2D eigenvalue weighted by Gasteiger charge is -2.09. The third-order valence-corrected chi connectivity index (χ3v) is 2.53. The Balaban J connectivity index is 2.29. The number of hydrogen-bond donors (Lipinski definition) is 2. The fourth-order valence-electron chi connectivity index (χ4n) is 1.67. The van der Waals surface area contributed by atoms with Gasteiger partial charge >= 0.3 is 0 Å². The molecule has 1 aromatic rings. The molecule has 0 bridgehead atoms. The lowest BCUT2D eigenvalue weighted by Crippen LogP contribution is -2.06. The van der Waals surface area contributed by atoms with Crippen molar-refractivity contribution in [1.29, 1.82) is 0 Å². The van der Waals surface area contributed by atoms with Crippen molar-refractivity contribution in [3.63, 3.8) is 0 Å². The van der Waals surface area contributed by atoms with Crippen LogP contribution in [0.25, 0.3) is 0 Å². The van der Waals surface area contributed by atoms with E-state index < -0.39 is 0 Å². The normalized spacial score (nSPS) is 12.7. The van der Waals surface area contributed by atoms with Gasteiger partial charge in [0, 0.05) is 6.20 Å². The Labute approximate surface area is 91.3 Å². The van der Waals surface area contributed by atoms with Crippen LogP contribution in [-0.2, 0) is 6.42 Å². The van der Waals surface area contributed by atoms with Gasteiger partial charge in [-0.1, -0.05) is 19.4 Å². The zero-order valence-electron chi connectivity index (χ0n) is 9.32. The van der Waals surface area contributed by atoms with Crippen molar-refractivity contribution >= 4 is 5.82 Å². The first kappa shape index (κ1) is 12.0. The quantitative estimate of drug-likeness (QED) is 0.753. The first-order valence-corrected chi connectivity index (χ1v) is 5.61. The van der Waals surface area contributed by atoms with E-state index in [2.05, 4.69) is 11.9 Å². The van der Waals surface area contributed by atoms with Gasteiger partial charge in [0.05, 0.1) is 6.10 Å². The van der Waals surface area contributed by atoms with Crippen LogP contribution in [0.15, 0.2) is 18.3 Å². The molecule has 0 saturated heterocycles. The van der Waals surface area contributed by atoms with Gasteiger partial charge in [0.2, 0.25) is 0 Å². The van der Waals surface area contributed by atoms with Gasteiger partial charge in [-0.15, -0.1) is 0 Å². The Morgan fingerprint density at radius 2 is 2.27 bits per heavy atom. The average Bonchev–Trinajstić information content (AvgIpc) is 2.21. The molecule has 1 rings (SSSR count). The molecule has 1 unspecified atom stereocenters. The molecule has 3 nitrogen and oxygen atoms in total. The number of aromatic nitrogens is 1. The van der Waals surface area contributed by atoms with Crippen LogP contribution in [0.4, 0.5) is 5.82 Å². The minimum Gasteiger partial charge on any atom is -0.393 e. The lowest BCUT2D eigenvalue weighted by atomic mass is 10.0. The number of nitrogen functional groups attached to an aromatic ring is 1. The van der Waals surface area contributed by atoms with Gasteiger partial charge in [0.15, 0.2) is 0 Å². The van der Waals surface area contributed by atoms with Gasteiger partial charge in [-0.25, -0.2) is 4.98 Å². The van der Waals surface area contributed by atoms with Crippen LogP contribution < -0.4 is 5.73 Å². The van der Waals surface area contributed by atoms with Crippen LogP contribution in [-0.4, -0.2) is 16.2 Å². The number of aliphatic hydroxyl groups excluding tert-OH is 1. The molecule has 3 heteroatoms. The Kier molecular flexibility index (Phi) is 5.12. The number of nitrogens with two attached hydrogens (primary N) is 1. The highest BCUT2D eigenvalue weighted by Crippen LogP contribution is 2.13. The molecule has 1 heterocycles. The van der Waals surface area contributed by atoms with Crippen molar-refractivity contribution in [2.75, 3.05) is 5.73 Å². The van der Waals surface area contributed by atoms with Gasteiger partial charge in [-0.05, 0) is 37.3 Å². The molecule has 0 aliphatic carbocycles. The van der Waals surface area contributed by atoms with Crippen molar-refractivity contribution in [3.8, 4) is 0 Å². The molecule has 0 amide bonds. The van der Waals surface area contributed by atoms with Crippen LogP contribution in [0.3, 0.4) is 0 Å². The Morgan fingerprint density at radius 3 is 2.93 bits per heavy atom. The molecule has 84 valence electrons. The highest BCUT2D eigenvalue weighted by molar-refractivity contribution is 5.38. The molecule has 0 radical (unpaired) electrons. The summed E-state index contributed by atoms with van der Waals surface area (Å²) in [7, 11) is 0. The number of aryl methyl sites for hydroxylation is 1. The predicted molar refractivity (Wildman–Crippen MR) is 62.5 cm³/mol. The highest BCUT2D eigenvalue weighted by Gasteiger charge is 2.04. The summed E-state index contributed by atoms with van der Waals surface area (Å²) in [5.74, 6) is 0.613. The van der Waals surface area contributed by atoms with Gasteiger partial charge < -0.3 is 10.8 Å². The monoisotopic (exact) mass is 208 g/mol. The van der Waals surface area contributed by atoms with Crippen molar-refractivity contribution < 1.29 is 5.11 Å². The minimum atomic E-state index is -0.159. The van der Waals surface area contributed by atoms with E-state index in [1.54, 1.807) is 6.20 Å². The summed E-state index contributed by atoms with van der Waals surface area (Å²) in [5, 5.41) is 9.55. The molecule has 3 N–H and O–H groups in total. The van der Waals surface area contributed by atoms with Gasteiger partial charge in [-0.2, -0.15) is 0 Å². The standard InChI is InChI=1S/C12H20N2O/c1-2-5-11(15)8-3-6-10-7-4-9-14-12(10)13/h4,7,9,11,15H,2-3,5-6,8H2,1H3,(H2,13,14). The first-order chi connectivity index (χ1) is 7.24. The number of hydrogen-bond acceptors (Lipinski definition) is 3. The summed E-state index contributed by atoms with van der Waals surface area (Å²) in [5.41, 5.74) is 6.81. The van der Waals surface area contributed by atoms with Crippen LogP contribution in [0, 0.1) is 0 Å². The molecule has 0 aliphatic rings. The molecular formula is C12H20N2O. The molecule has 0 spiro atoms. The third kappa shape index (κ3) is 4.30. The van der Waals surface area contributed by atoms with Gasteiger partial charge in [0.1, 0.15) is 5.82 Å². The molecule has 0 saturated carbocycles. The third-order valence-electron chi connectivity index (χ3n) is 2.53. The Hall–Kier alpha value is -1.09. The largest absolute Gasteiger partial charge is 0.393 e. The van der Waals surface area contributed by atoms with E-state index in [0.29, 0.717) is 5.82 Å². The summed E-state index contributed by atoms with van der Waals surface area (Å²) >= 11 is 0. The fraction of sp³-hybridized carbons (Fsp3) is 0.583. The molecule has 0 fully saturated rings. The Morgan fingerprint density at radius 1 is 1.47 bits per heavy atom. The van der Waals surface area contributed by atoms with Crippen molar-refractivity contribution in [1.82, 2.24) is 4.98 Å². The van der Waals surface area contributed by atoms with Crippen LogP contribution in [0.5, 0.6) is 0 Å². The van der Waals surface area contributed by atoms with Crippen LogP contribution >= 0.6 is 0 Å². The zero-order valence-corrected chi connectivity index (χ0v) is 9.32. The predicted octanol–water partition coefficient (Wildman–Crippen LogP) is 2.15. The summed E-state index contributed by atoms with van der Waals surface area (Å²) < 4.78 is 0. The number of rotatable bonds is 6. The van der Waals surface area contributed by atoms with E-state index in [9.17, 15) is 5.11 Å². The SMILES string of the molecule is CCCC(O)CCCc1cccnc1N. The maximum atomic E-state index is 9.55. The number of pyridine rings is 1. The second kappa shape index (κ2) is 6.40. The molecular weight excluding hydrogens is 188 g/mol. The smallest absolute Gasteiger partial charge is 0.126 e. The molecule has 1 aromatic heterocycles. The van der Waals surface area contributed by atoms with Crippen LogP contribution in [0.2, 0.25) is 0 Å². The number of anilines is 1. The highest BCUT2D eigenvalue weighted by atomic mass is 16.3. The lowest BCUT2D eigenvalue weighted by molar-refractivity contribution is 0.151. The average molecular weight is 208 g/mol. The van der Waals surface area contributed by atoms with E-state index in [0.717, 1.165) is 37.7 Å². The van der Waals surface area contributed by atoms with E-state index >= 15 is 0 Å². The summed E-state index contributed by atoms with van der Waals surface area (Å²) in [4.78, 5) is 4.03. The molecule has 1 atom stereocenters. The second-order valence-corrected chi connectivity index (χ2v) is 3.88. The van der Waals surface area contributed by atoms with Crippen molar-refractivity contribution in [3.05, 3.63) is 23.9 Å². The fourth-order valence-corrected chi connectivity index (χ4v) is 1.67. The van der Waals surface area contributed by atoms with Gasteiger partial charge in [0.25, 0.3) is 0 Å². The number of aliphatic hydroxyl groups is 1. The van der Waals surface area contributed by atoms with Crippen LogP contribution in [0.1, 0.15) is 38.2 Å². The number of nitrogens with zero attached hydrogens (tertiary/aromatic N) is 1. The summed E-state index contributed by atoms with van der Waals surface area (Å²) in [6, 6.07) is 3.89. The second-order valence-electron chi connectivity index (χ2n) is 3.88. The molecule has 0 aliphatic heterocycles. The van der Waals surface area contributed by atoms with E-state index in [4.69, 9.17) is 5.73 Å². The zero-order chi connectivity index (χ0) is 11.1. The molecule has 15 heavy (non-hydrogen) atoms. The maximum absolute atomic E-state index is 9.55. The van der Waals surface area contributed by atoms with Gasteiger partial charge in [-0.3, -0.25) is 0 Å².